The summed E-state index contributed by atoms with van der Waals surface area (Å²) in [5.74, 6) is 1.93. The fourth-order valence-electron chi connectivity index (χ4n) is 1.79. The SMILES string of the molecule is CCn1c(CBr)nnc1-c1ccccc1C. The minimum Gasteiger partial charge on any atom is -0.311 e. The summed E-state index contributed by atoms with van der Waals surface area (Å²) >= 11 is 3.43. The van der Waals surface area contributed by atoms with Crippen molar-refractivity contribution in [2.24, 2.45) is 0 Å². The van der Waals surface area contributed by atoms with E-state index in [0.29, 0.717) is 0 Å². The highest BCUT2D eigenvalue weighted by molar-refractivity contribution is 9.08. The first-order valence-electron chi connectivity index (χ1n) is 5.32. The van der Waals surface area contributed by atoms with Crippen LogP contribution in [0.25, 0.3) is 11.4 Å². The predicted molar refractivity (Wildman–Crippen MR) is 68.5 cm³/mol. The molecule has 0 spiro atoms. The maximum atomic E-state index is 4.27. The van der Waals surface area contributed by atoms with Gasteiger partial charge in [-0.15, -0.1) is 10.2 Å². The normalized spacial score (nSPS) is 10.7. The van der Waals surface area contributed by atoms with Crippen LogP contribution >= 0.6 is 15.9 Å². The third-order valence-electron chi connectivity index (χ3n) is 2.65. The molecule has 16 heavy (non-hydrogen) atoms. The van der Waals surface area contributed by atoms with Crippen molar-refractivity contribution < 1.29 is 0 Å². The average Bonchev–Trinajstić information content (AvgIpc) is 2.72. The lowest BCUT2D eigenvalue weighted by atomic mass is 10.1. The molecular formula is C12H14BrN3. The number of hydrogen-bond donors (Lipinski definition) is 0. The average molecular weight is 280 g/mol. The Hall–Kier alpha value is -1.16. The quantitative estimate of drug-likeness (QED) is 0.808. The lowest BCUT2D eigenvalue weighted by Crippen LogP contribution is -2.02. The lowest BCUT2D eigenvalue weighted by molar-refractivity contribution is 0.733. The van der Waals surface area contributed by atoms with Crippen LogP contribution in [0, 0.1) is 6.92 Å². The van der Waals surface area contributed by atoms with Crippen LogP contribution in [-0.2, 0) is 11.9 Å². The molecule has 0 N–H and O–H groups in total. The van der Waals surface area contributed by atoms with E-state index < -0.39 is 0 Å². The summed E-state index contributed by atoms with van der Waals surface area (Å²) in [5, 5.41) is 9.20. The highest BCUT2D eigenvalue weighted by atomic mass is 79.9. The number of aryl methyl sites for hydroxylation is 1. The molecule has 0 aliphatic heterocycles. The van der Waals surface area contributed by atoms with Crippen LogP contribution < -0.4 is 0 Å². The Morgan fingerprint density at radius 3 is 2.62 bits per heavy atom. The van der Waals surface area contributed by atoms with E-state index >= 15 is 0 Å². The Morgan fingerprint density at radius 2 is 2.00 bits per heavy atom. The van der Waals surface area contributed by atoms with Crippen molar-refractivity contribution in [3.8, 4) is 11.4 Å². The van der Waals surface area contributed by atoms with Crippen molar-refractivity contribution in [2.75, 3.05) is 0 Å². The van der Waals surface area contributed by atoms with Gasteiger partial charge in [-0.05, 0) is 19.4 Å². The minimum atomic E-state index is 0.736. The first-order chi connectivity index (χ1) is 7.77. The molecule has 0 radical (unpaired) electrons. The van der Waals surface area contributed by atoms with Crippen molar-refractivity contribution in [3.05, 3.63) is 35.7 Å². The Morgan fingerprint density at radius 1 is 1.25 bits per heavy atom. The Labute approximate surface area is 104 Å². The molecule has 0 unspecified atom stereocenters. The maximum absolute atomic E-state index is 4.27. The van der Waals surface area contributed by atoms with Gasteiger partial charge in [-0.3, -0.25) is 0 Å². The van der Waals surface area contributed by atoms with Crippen molar-refractivity contribution in [1.82, 2.24) is 14.8 Å². The highest BCUT2D eigenvalue weighted by Crippen LogP contribution is 2.22. The fraction of sp³-hybridized carbons (Fsp3) is 0.333. The standard InChI is InChI=1S/C12H14BrN3/c1-3-16-11(8-13)14-15-12(16)10-7-5-4-6-9(10)2/h4-7H,3,8H2,1-2H3. The second-order valence-corrected chi connectivity index (χ2v) is 4.19. The van der Waals surface area contributed by atoms with Gasteiger partial charge >= 0.3 is 0 Å². The van der Waals surface area contributed by atoms with E-state index in [1.165, 1.54) is 5.56 Å². The van der Waals surface area contributed by atoms with Gasteiger partial charge in [0.05, 0.1) is 5.33 Å². The third kappa shape index (κ3) is 1.89. The maximum Gasteiger partial charge on any atom is 0.164 e. The molecule has 2 aromatic rings. The summed E-state index contributed by atoms with van der Waals surface area (Å²) in [4.78, 5) is 0. The van der Waals surface area contributed by atoms with E-state index in [2.05, 4.69) is 56.7 Å². The van der Waals surface area contributed by atoms with E-state index in [9.17, 15) is 0 Å². The molecule has 1 heterocycles. The third-order valence-corrected chi connectivity index (χ3v) is 3.15. The monoisotopic (exact) mass is 279 g/mol. The molecule has 84 valence electrons. The molecule has 0 aliphatic carbocycles. The van der Waals surface area contributed by atoms with Crippen molar-refractivity contribution >= 4 is 15.9 Å². The van der Waals surface area contributed by atoms with Crippen LogP contribution in [0.4, 0.5) is 0 Å². The molecule has 4 heteroatoms. The van der Waals surface area contributed by atoms with E-state index in [1.807, 2.05) is 12.1 Å². The van der Waals surface area contributed by atoms with Crippen LogP contribution in [-0.4, -0.2) is 14.8 Å². The number of hydrogen-bond acceptors (Lipinski definition) is 2. The number of halogens is 1. The van der Waals surface area contributed by atoms with Crippen LogP contribution in [0.2, 0.25) is 0 Å². The smallest absolute Gasteiger partial charge is 0.164 e. The van der Waals surface area contributed by atoms with E-state index in [0.717, 1.165) is 29.1 Å². The summed E-state index contributed by atoms with van der Waals surface area (Å²) < 4.78 is 2.14. The Bertz CT molecular complexity index is 491. The largest absolute Gasteiger partial charge is 0.311 e. The van der Waals surface area contributed by atoms with Crippen molar-refractivity contribution in [2.45, 2.75) is 25.7 Å². The van der Waals surface area contributed by atoms with Gasteiger partial charge in [0, 0.05) is 12.1 Å². The minimum absolute atomic E-state index is 0.736. The van der Waals surface area contributed by atoms with Crippen LogP contribution in [0.15, 0.2) is 24.3 Å². The zero-order valence-corrected chi connectivity index (χ0v) is 11.0. The number of aromatic nitrogens is 3. The summed E-state index contributed by atoms with van der Waals surface area (Å²) in [5.41, 5.74) is 2.38. The molecule has 3 nitrogen and oxygen atoms in total. The van der Waals surface area contributed by atoms with E-state index in [1.54, 1.807) is 0 Å². The predicted octanol–water partition coefficient (Wildman–Crippen LogP) is 3.17. The molecule has 0 amide bonds. The molecular weight excluding hydrogens is 266 g/mol. The van der Waals surface area contributed by atoms with Crippen molar-refractivity contribution in [1.29, 1.82) is 0 Å². The number of rotatable bonds is 3. The van der Waals surface area contributed by atoms with Gasteiger partial charge in [0.15, 0.2) is 5.82 Å². The van der Waals surface area contributed by atoms with Gasteiger partial charge in [-0.2, -0.15) is 0 Å². The second kappa shape index (κ2) is 4.78. The van der Waals surface area contributed by atoms with Gasteiger partial charge in [0.1, 0.15) is 5.82 Å². The molecule has 0 saturated carbocycles. The van der Waals surface area contributed by atoms with Gasteiger partial charge in [0.25, 0.3) is 0 Å². The summed E-state index contributed by atoms with van der Waals surface area (Å²) in [6.07, 6.45) is 0. The van der Waals surface area contributed by atoms with E-state index in [-0.39, 0.29) is 0 Å². The van der Waals surface area contributed by atoms with Crippen molar-refractivity contribution in [3.63, 3.8) is 0 Å². The zero-order valence-electron chi connectivity index (χ0n) is 9.44. The van der Waals surface area contributed by atoms with Gasteiger partial charge in [-0.25, -0.2) is 0 Å². The molecule has 2 rings (SSSR count). The van der Waals surface area contributed by atoms with E-state index in [4.69, 9.17) is 0 Å². The molecule has 0 bridgehead atoms. The molecule has 0 atom stereocenters. The number of nitrogens with zero attached hydrogens (tertiary/aromatic N) is 3. The number of alkyl halides is 1. The van der Waals surface area contributed by atoms with Crippen LogP contribution in [0.5, 0.6) is 0 Å². The Balaban J connectivity index is 2.56. The topological polar surface area (TPSA) is 30.7 Å². The molecule has 0 fully saturated rings. The number of benzene rings is 1. The molecule has 1 aromatic carbocycles. The zero-order chi connectivity index (χ0) is 11.5. The first kappa shape index (κ1) is 11.3. The second-order valence-electron chi connectivity index (χ2n) is 3.63. The fourth-order valence-corrected chi connectivity index (χ4v) is 2.20. The summed E-state index contributed by atoms with van der Waals surface area (Å²) in [6.45, 7) is 5.09. The highest BCUT2D eigenvalue weighted by Gasteiger charge is 2.12. The van der Waals surface area contributed by atoms with Crippen LogP contribution in [0.3, 0.4) is 0 Å². The van der Waals surface area contributed by atoms with Gasteiger partial charge in [0.2, 0.25) is 0 Å². The van der Waals surface area contributed by atoms with Gasteiger partial charge < -0.3 is 4.57 Å². The first-order valence-corrected chi connectivity index (χ1v) is 6.44. The summed E-state index contributed by atoms with van der Waals surface area (Å²) in [6, 6.07) is 8.25. The lowest BCUT2D eigenvalue weighted by Gasteiger charge is -2.07. The van der Waals surface area contributed by atoms with Gasteiger partial charge in [-0.1, -0.05) is 40.2 Å². The summed E-state index contributed by atoms with van der Waals surface area (Å²) in [7, 11) is 0. The molecule has 1 aromatic heterocycles. The molecule has 0 aliphatic rings. The van der Waals surface area contributed by atoms with Crippen LogP contribution in [0.1, 0.15) is 18.3 Å². The molecule has 0 saturated heterocycles. The Kier molecular flexibility index (Phi) is 3.39.